The molecule has 0 atom stereocenters. The number of sulfonamides is 1. The van der Waals surface area contributed by atoms with Crippen LogP contribution in [0.2, 0.25) is 0 Å². The highest BCUT2D eigenvalue weighted by atomic mass is 32.2. The molecule has 8 heteroatoms. The number of ether oxygens (including phenoxy) is 1. The molecule has 1 rings (SSSR count). The molecule has 0 unspecified atom stereocenters. The molecule has 3 N–H and O–H groups in total. The highest BCUT2D eigenvalue weighted by Gasteiger charge is 2.14. The molecule has 1 amide bonds. The predicted octanol–water partition coefficient (Wildman–Crippen LogP) is 1.19. The zero-order valence-corrected chi connectivity index (χ0v) is 13.2. The van der Waals surface area contributed by atoms with E-state index in [1.54, 1.807) is 0 Å². The number of thiophene rings is 1. The van der Waals surface area contributed by atoms with E-state index < -0.39 is 10.0 Å². The van der Waals surface area contributed by atoms with Gasteiger partial charge in [0.1, 0.15) is 4.21 Å². The van der Waals surface area contributed by atoms with Gasteiger partial charge in [0, 0.05) is 18.5 Å². The van der Waals surface area contributed by atoms with Gasteiger partial charge in [-0.15, -0.1) is 11.3 Å². The third-order valence-electron chi connectivity index (χ3n) is 2.49. The summed E-state index contributed by atoms with van der Waals surface area (Å²) in [7, 11) is -3.74. The highest BCUT2D eigenvalue weighted by Crippen LogP contribution is 2.18. The minimum absolute atomic E-state index is 0.0177. The summed E-state index contributed by atoms with van der Waals surface area (Å²) in [5.41, 5.74) is 0.293. The number of nitrogens with two attached hydrogens (primary N) is 1. The number of hydrogen-bond acceptors (Lipinski definition) is 5. The fourth-order valence-electron chi connectivity index (χ4n) is 1.34. The van der Waals surface area contributed by atoms with Crippen LogP contribution in [0.4, 0.5) is 0 Å². The smallest absolute Gasteiger partial charge is 0.252 e. The van der Waals surface area contributed by atoms with E-state index in [9.17, 15) is 13.2 Å². The van der Waals surface area contributed by atoms with Gasteiger partial charge < -0.3 is 10.1 Å². The molecule has 0 saturated carbocycles. The lowest BCUT2D eigenvalue weighted by Gasteiger charge is -2.07. The summed E-state index contributed by atoms with van der Waals surface area (Å²) in [5.74, 6) is 0.260. The van der Waals surface area contributed by atoms with Crippen LogP contribution < -0.4 is 10.5 Å². The van der Waals surface area contributed by atoms with E-state index in [-0.39, 0.29) is 10.1 Å². The van der Waals surface area contributed by atoms with Crippen molar-refractivity contribution in [2.24, 2.45) is 11.1 Å². The zero-order valence-electron chi connectivity index (χ0n) is 11.6. The number of hydrogen-bond donors (Lipinski definition) is 2. The largest absolute Gasteiger partial charge is 0.380 e. The molecular weight excluding hydrogens is 300 g/mol. The molecule has 0 radical (unpaired) electrons. The molecule has 20 heavy (non-hydrogen) atoms. The molecule has 114 valence electrons. The molecule has 0 saturated heterocycles. The Kier molecular flexibility index (Phi) is 6.60. The quantitative estimate of drug-likeness (QED) is 0.703. The minimum atomic E-state index is -3.74. The summed E-state index contributed by atoms with van der Waals surface area (Å²) in [6.45, 7) is 5.72. The summed E-state index contributed by atoms with van der Waals surface area (Å²) < 4.78 is 27.5. The van der Waals surface area contributed by atoms with Crippen LogP contribution in [0.15, 0.2) is 15.7 Å². The van der Waals surface area contributed by atoms with Gasteiger partial charge in [0.05, 0.1) is 12.2 Å². The highest BCUT2D eigenvalue weighted by molar-refractivity contribution is 7.91. The Balaban J connectivity index is 2.31. The number of carbonyl (C=O) groups excluding carboxylic acids is 1. The lowest BCUT2D eigenvalue weighted by molar-refractivity contribution is 0.0906. The Morgan fingerprint density at radius 2 is 2.15 bits per heavy atom. The third-order valence-corrected chi connectivity index (χ3v) is 4.88. The Hall–Kier alpha value is -0.960. The molecule has 0 aliphatic heterocycles. The second-order valence-corrected chi connectivity index (χ2v) is 7.45. The van der Waals surface area contributed by atoms with E-state index in [0.717, 1.165) is 17.8 Å². The van der Waals surface area contributed by atoms with Crippen molar-refractivity contribution in [3.05, 3.63) is 17.0 Å². The van der Waals surface area contributed by atoms with Crippen molar-refractivity contribution in [1.29, 1.82) is 0 Å². The summed E-state index contributed by atoms with van der Waals surface area (Å²) >= 11 is 0.930. The lowest BCUT2D eigenvalue weighted by Crippen LogP contribution is -2.27. The Morgan fingerprint density at radius 3 is 2.70 bits per heavy atom. The molecule has 1 aromatic heterocycles. The van der Waals surface area contributed by atoms with Crippen LogP contribution >= 0.6 is 11.3 Å². The van der Waals surface area contributed by atoms with Crippen LogP contribution in [0.25, 0.3) is 0 Å². The van der Waals surface area contributed by atoms with E-state index in [2.05, 4.69) is 19.2 Å². The van der Waals surface area contributed by atoms with Gasteiger partial charge in [-0.25, -0.2) is 13.6 Å². The number of nitrogens with one attached hydrogen (secondary N) is 1. The van der Waals surface area contributed by atoms with Crippen LogP contribution in [0.3, 0.4) is 0 Å². The summed E-state index contributed by atoms with van der Waals surface area (Å²) in [6, 6.07) is 1.27. The fourth-order valence-corrected chi connectivity index (χ4v) is 2.93. The lowest BCUT2D eigenvalue weighted by atomic mass is 10.1. The first-order valence-corrected chi connectivity index (χ1v) is 8.70. The second kappa shape index (κ2) is 7.72. The average Bonchev–Trinajstić information content (AvgIpc) is 2.82. The maximum absolute atomic E-state index is 11.7. The van der Waals surface area contributed by atoms with Crippen LogP contribution in [-0.2, 0) is 14.8 Å². The van der Waals surface area contributed by atoms with Gasteiger partial charge in [0.25, 0.3) is 5.91 Å². The first-order valence-electron chi connectivity index (χ1n) is 6.28. The van der Waals surface area contributed by atoms with Crippen LogP contribution in [0.1, 0.15) is 30.6 Å². The Bertz CT molecular complexity index is 537. The molecule has 1 aromatic rings. The molecule has 0 aliphatic rings. The molecule has 0 bridgehead atoms. The van der Waals surface area contributed by atoms with Gasteiger partial charge in [-0.3, -0.25) is 4.79 Å². The fraction of sp³-hybridized carbons (Fsp3) is 0.583. The molecular formula is C12H20N2O4S2. The van der Waals surface area contributed by atoms with Crippen LogP contribution in [-0.4, -0.2) is 34.1 Å². The van der Waals surface area contributed by atoms with Gasteiger partial charge in [-0.1, -0.05) is 13.8 Å². The maximum Gasteiger partial charge on any atom is 0.252 e. The summed E-state index contributed by atoms with van der Waals surface area (Å²) in [6.07, 6.45) is 0.982. The Morgan fingerprint density at radius 1 is 1.45 bits per heavy atom. The number of primary sulfonamides is 1. The number of carbonyl (C=O) groups is 1. The maximum atomic E-state index is 11.7. The first kappa shape index (κ1) is 17.1. The van der Waals surface area contributed by atoms with Gasteiger partial charge in [-0.2, -0.15) is 0 Å². The zero-order chi connectivity index (χ0) is 15.2. The van der Waals surface area contributed by atoms with Crippen LogP contribution in [0, 0.1) is 5.92 Å². The monoisotopic (exact) mass is 320 g/mol. The van der Waals surface area contributed by atoms with Gasteiger partial charge in [0.2, 0.25) is 10.0 Å². The van der Waals surface area contributed by atoms with E-state index in [0.29, 0.717) is 31.2 Å². The van der Waals surface area contributed by atoms with Gasteiger partial charge in [0.15, 0.2) is 0 Å². The van der Waals surface area contributed by atoms with Crippen molar-refractivity contribution in [3.8, 4) is 0 Å². The van der Waals surface area contributed by atoms with E-state index in [4.69, 9.17) is 9.88 Å². The first-order chi connectivity index (χ1) is 9.30. The summed E-state index contributed by atoms with van der Waals surface area (Å²) in [5, 5.41) is 9.11. The van der Waals surface area contributed by atoms with Crippen molar-refractivity contribution in [3.63, 3.8) is 0 Å². The van der Waals surface area contributed by atoms with Crippen molar-refractivity contribution in [2.45, 2.75) is 24.5 Å². The molecule has 0 fully saturated rings. The third kappa shape index (κ3) is 6.00. The number of rotatable bonds is 8. The van der Waals surface area contributed by atoms with Gasteiger partial charge >= 0.3 is 0 Å². The van der Waals surface area contributed by atoms with E-state index >= 15 is 0 Å². The van der Waals surface area contributed by atoms with Crippen molar-refractivity contribution in [2.75, 3.05) is 19.8 Å². The van der Waals surface area contributed by atoms with Gasteiger partial charge in [-0.05, 0) is 18.4 Å². The van der Waals surface area contributed by atoms with Crippen LogP contribution in [0.5, 0.6) is 0 Å². The molecule has 1 heterocycles. The molecule has 6 nitrogen and oxygen atoms in total. The SMILES string of the molecule is CC(C)CCOCCNC(=O)c1csc(S(N)(=O)=O)c1. The standard InChI is InChI=1S/C12H20N2O4S2/c1-9(2)3-5-18-6-4-14-12(15)10-7-11(19-8-10)20(13,16)17/h7-9H,3-6H2,1-2H3,(H,14,15)(H2,13,16,17). The van der Waals surface area contributed by atoms with Crippen molar-refractivity contribution in [1.82, 2.24) is 5.32 Å². The molecule has 0 aromatic carbocycles. The Labute approximate surface area is 123 Å². The van der Waals surface area contributed by atoms with E-state index in [1.165, 1.54) is 11.4 Å². The average molecular weight is 320 g/mol. The molecule has 0 spiro atoms. The molecule has 0 aliphatic carbocycles. The van der Waals surface area contributed by atoms with E-state index in [1.807, 2.05) is 0 Å². The summed E-state index contributed by atoms with van der Waals surface area (Å²) in [4.78, 5) is 11.7. The normalized spacial score (nSPS) is 11.8. The van der Waals surface area contributed by atoms with Crippen molar-refractivity contribution < 1.29 is 17.9 Å². The van der Waals surface area contributed by atoms with Crippen molar-refractivity contribution >= 4 is 27.3 Å². The minimum Gasteiger partial charge on any atom is -0.380 e. The second-order valence-electron chi connectivity index (χ2n) is 4.75. The topological polar surface area (TPSA) is 98.5 Å². The number of amides is 1. The predicted molar refractivity (Wildman–Crippen MR) is 78.3 cm³/mol.